The lowest BCUT2D eigenvalue weighted by Gasteiger charge is -2.15. The van der Waals surface area contributed by atoms with Crippen molar-refractivity contribution in [2.24, 2.45) is 0 Å². The summed E-state index contributed by atoms with van der Waals surface area (Å²) in [5.74, 6) is 0. The van der Waals surface area contributed by atoms with Gasteiger partial charge in [0.1, 0.15) is 0 Å². The van der Waals surface area contributed by atoms with Crippen LogP contribution in [0.1, 0.15) is 23.9 Å². The van der Waals surface area contributed by atoms with Gasteiger partial charge >= 0.3 is 0 Å². The van der Waals surface area contributed by atoms with Crippen molar-refractivity contribution in [2.75, 3.05) is 0 Å². The van der Waals surface area contributed by atoms with Crippen LogP contribution in [-0.4, -0.2) is 9.52 Å². The molecule has 0 aromatic heterocycles. The van der Waals surface area contributed by atoms with Gasteiger partial charge in [0, 0.05) is 9.52 Å². The van der Waals surface area contributed by atoms with Crippen LogP contribution in [-0.2, 0) is 0 Å². The van der Waals surface area contributed by atoms with Gasteiger partial charge in [-0.15, -0.1) is 0 Å². The molecule has 0 saturated carbocycles. The van der Waals surface area contributed by atoms with Crippen LogP contribution in [0.3, 0.4) is 0 Å². The van der Waals surface area contributed by atoms with E-state index in [0.29, 0.717) is 0 Å². The molecule has 0 amide bonds. The minimum absolute atomic E-state index is 0.774. The molecule has 0 N–H and O–H groups in total. The highest BCUT2D eigenvalue weighted by atomic mass is 28.2. The third-order valence-corrected chi connectivity index (χ3v) is 6.93. The number of rotatable bonds is 1. The van der Waals surface area contributed by atoms with Crippen LogP contribution >= 0.6 is 0 Å². The normalized spacial score (nSPS) is 18.2. The molecule has 1 atom stereocenters. The first-order valence-electron chi connectivity index (χ1n) is 8.48. The molecule has 1 unspecified atom stereocenters. The number of benzene rings is 4. The molecule has 23 heavy (non-hydrogen) atoms. The SMILES string of the molecule is c1ccc2cc3c(ccc4cccc(C5CCC[Si]5)c43)cc2c1. The van der Waals surface area contributed by atoms with Crippen molar-refractivity contribution in [1.29, 1.82) is 0 Å². The summed E-state index contributed by atoms with van der Waals surface area (Å²) in [5.41, 5.74) is 2.36. The smallest absolute Gasteiger partial charge is 0.0473 e. The van der Waals surface area contributed by atoms with Crippen molar-refractivity contribution in [2.45, 2.75) is 24.4 Å². The maximum Gasteiger partial charge on any atom is 0.0473 e. The Labute approximate surface area is 139 Å². The molecule has 4 aromatic rings. The van der Waals surface area contributed by atoms with Gasteiger partial charge in [0.25, 0.3) is 0 Å². The van der Waals surface area contributed by atoms with Crippen LogP contribution in [0.15, 0.2) is 66.7 Å². The Kier molecular flexibility index (Phi) is 3.02. The third-order valence-electron chi connectivity index (χ3n) is 5.19. The van der Waals surface area contributed by atoms with E-state index >= 15 is 0 Å². The van der Waals surface area contributed by atoms with E-state index in [1.807, 2.05) is 0 Å². The highest BCUT2D eigenvalue weighted by Crippen LogP contribution is 2.37. The van der Waals surface area contributed by atoms with Gasteiger partial charge in [0.15, 0.2) is 0 Å². The maximum atomic E-state index is 2.40. The lowest BCUT2D eigenvalue weighted by Crippen LogP contribution is -2.01. The standard InChI is InChI=1S/C22H18Si/c1-2-6-17-14-20-18(13-16(17)5-1)11-10-15-7-3-8-19(22(15)20)21-9-4-12-23-21/h1-3,5-8,10-11,13-14,21H,4,9,12H2. The van der Waals surface area contributed by atoms with E-state index in [0.717, 1.165) is 15.1 Å². The zero-order chi connectivity index (χ0) is 15.2. The van der Waals surface area contributed by atoms with Gasteiger partial charge in [-0.1, -0.05) is 67.1 Å². The van der Waals surface area contributed by atoms with Gasteiger partial charge < -0.3 is 0 Å². The lowest BCUT2D eigenvalue weighted by atomic mass is 9.93. The fourth-order valence-electron chi connectivity index (χ4n) is 4.07. The van der Waals surface area contributed by atoms with Crippen molar-refractivity contribution >= 4 is 41.8 Å². The van der Waals surface area contributed by atoms with E-state index in [-0.39, 0.29) is 0 Å². The lowest BCUT2D eigenvalue weighted by molar-refractivity contribution is 0.827. The summed E-state index contributed by atoms with van der Waals surface area (Å²) in [4.78, 5) is 0. The minimum Gasteiger partial charge on any atom is -0.0616 e. The topological polar surface area (TPSA) is 0 Å². The van der Waals surface area contributed by atoms with Crippen molar-refractivity contribution < 1.29 is 0 Å². The van der Waals surface area contributed by atoms with Crippen LogP contribution in [0.5, 0.6) is 0 Å². The highest BCUT2D eigenvalue weighted by molar-refractivity contribution is 6.39. The van der Waals surface area contributed by atoms with E-state index in [1.165, 1.54) is 51.2 Å². The number of fused-ring (bicyclic) bond motifs is 4. The van der Waals surface area contributed by atoms with E-state index in [4.69, 9.17) is 0 Å². The Morgan fingerprint density at radius 1 is 0.739 bits per heavy atom. The van der Waals surface area contributed by atoms with Crippen molar-refractivity contribution in [3.8, 4) is 0 Å². The first-order valence-corrected chi connectivity index (χ1v) is 9.76. The molecule has 0 bridgehead atoms. The molecular weight excluding hydrogens is 292 g/mol. The quantitative estimate of drug-likeness (QED) is 0.226. The highest BCUT2D eigenvalue weighted by Gasteiger charge is 2.20. The molecule has 5 rings (SSSR count). The zero-order valence-corrected chi connectivity index (χ0v) is 14.0. The predicted octanol–water partition coefficient (Wildman–Crippen LogP) is 6.10. The summed E-state index contributed by atoms with van der Waals surface area (Å²) in [6.07, 6.45) is 2.76. The van der Waals surface area contributed by atoms with Crippen LogP contribution in [0.2, 0.25) is 6.04 Å². The van der Waals surface area contributed by atoms with E-state index in [9.17, 15) is 0 Å². The van der Waals surface area contributed by atoms with Crippen molar-refractivity contribution in [1.82, 2.24) is 0 Å². The molecule has 0 aliphatic carbocycles. The second kappa shape index (κ2) is 5.21. The molecule has 2 radical (unpaired) electrons. The maximum absolute atomic E-state index is 2.40. The Hall–Kier alpha value is -2.12. The number of hydrogen-bond acceptors (Lipinski definition) is 0. The minimum atomic E-state index is 0.774. The molecular formula is C22H18Si. The second-order valence-corrected chi connectivity index (χ2v) is 8.19. The van der Waals surface area contributed by atoms with Crippen LogP contribution in [0, 0.1) is 0 Å². The number of hydrogen-bond donors (Lipinski definition) is 0. The van der Waals surface area contributed by atoms with Gasteiger partial charge in [-0.05, 0) is 62.0 Å². The molecule has 4 aromatic carbocycles. The molecule has 1 saturated heterocycles. The summed E-state index contributed by atoms with van der Waals surface area (Å²) >= 11 is 0. The fourth-order valence-corrected chi connectivity index (χ4v) is 5.70. The summed E-state index contributed by atoms with van der Waals surface area (Å²) < 4.78 is 0. The fraction of sp³-hybridized carbons (Fsp3) is 0.182. The molecule has 0 nitrogen and oxygen atoms in total. The Balaban J connectivity index is 1.91. The Morgan fingerprint density at radius 2 is 1.52 bits per heavy atom. The molecule has 1 aliphatic heterocycles. The van der Waals surface area contributed by atoms with Crippen molar-refractivity contribution in [3.63, 3.8) is 0 Å². The molecule has 1 heteroatoms. The van der Waals surface area contributed by atoms with Crippen molar-refractivity contribution in [3.05, 3.63) is 72.3 Å². The molecule has 110 valence electrons. The van der Waals surface area contributed by atoms with Gasteiger partial charge in [-0.2, -0.15) is 0 Å². The van der Waals surface area contributed by atoms with Gasteiger partial charge in [-0.25, -0.2) is 0 Å². The average Bonchev–Trinajstić information content (AvgIpc) is 3.14. The van der Waals surface area contributed by atoms with E-state index < -0.39 is 0 Å². The second-order valence-electron chi connectivity index (χ2n) is 6.58. The molecule has 1 aliphatic rings. The molecule has 1 fully saturated rings. The molecule has 1 heterocycles. The first kappa shape index (κ1) is 13.3. The monoisotopic (exact) mass is 310 g/mol. The van der Waals surface area contributed by atoms with Crippen LogP contribution in [0.4, 0.5) is 0 Å². The van der Waals surface area contributed by atoms with Gasteiger partial charge in [-0.3, -0.25) is 0 Å². The third kappa shape index (κ3) is 2.11. The summed E-state index contributed by atoms with van der Waals surface area (Å²) in [6.45, 7) is 0. The van der Waals surface area contributed by atoms with Crippen LogP contribution in [0.25, 0.3) is 32.3 Å². The summed E-state index contributed by atoms with van der Waals surface area (Å²) in [5, 5.41) is 8.35. The van der Waals surface area contributed by atoms with E-state index in [1.54, 1.807) is 5.56 Å². The van der Waals surface area contributed by atoms with E-state index in [2.05, 4.69) is 66.7 Å². The van der Waals surface area contributed by atoms with Gasteiger partial charge in [0.05, 0.1) is 0 Å². The Morgan fingerprint density at radius 3 is 2.35 bits per heavy atom. The largest absolute Gasteiger partial charge is 0.0616 e. The van der Waals surface area contributed by atoms with Gasteiger partial charge in [0.2, 0.25) is 0 Å². The first-order chi connectivity index (χ1) is 11.4. The zero-order valence-electron chi connectivity index (χ0n) is 13.0. The van der Waals surface area contributed by atoms with Crippen LogP contribution < -0.4 is 0 Å². The Bertz CT molecular complexity index is 1030. The predicted molar refractivity (Wildman–Crippen MR) is 101 cm³/mol. The average molecular weight is 310 g/mol. The molecule has 0 spiro atoms. The summed E-state index contributed by atoms with van der Waals surface area (Å²) in [6, 6.07) is 26.3. The summed E-state index contributed by atoms with van der Waals surface area (Å²) in [7, 11) is 1.09.